The van der Waals surface area contributed by atoms with Crippen LogP contribution in [0.2, 0.25) is 0 Å². The topological polar surface area (TPSA) is 392 Å². The lowest BCUT2D eigenvalue weighted by Gasteiger charge is -2.34. The van der Waals surface area contributed by atoms with Crippen LogP contribution in [0.4, 0.5) is 0 Å². The molecule has 488 valence electrons. The molecule has 4 fully saturated rings. The Kier molecular flexibility index (Phi) is 21.1. The average molecular weight is 1310 g/mol. The van der Waals surface area contributed by atoms with Crippen molar-refractivity contribution >= 4 is 40.5 Å². The highest BCUT2D eigenvalue weighted by molar-refractivity contribution is 7.86. The number of phenolic OH excluding ortho intramolecular Hbond substituents is 8. The van der Waals surface area contributed by atoms with Crippen molar-refractivity contribution < 1.29 is 92.7 Å². The van der Waals surface area contributed by atoms with Crippen LogP contribution in [0.1, 0.15) is 193 Å². The second-order valence-corrected chi connectivity index (χ2v) is 31.1. The molecule has 0 atom stereocenters. The molecule has 0 unspecified atom stereocenters. The van der Waals surface area contributed by atoms with Gasteiger partial charge in [0.15, 0.2) is 0 Å². The van der Waals surface area contributed by atoms with Gasteiger partial charge in [0.1, 0.15) is 46.0 Å². The summed E-state index contributed by atoms with van der Waals surface area (Å²) >= 11 is 0. The van der Waals surface area contributed by atoms with Crippen LogP contribution in [0.5, 0.6) is 46.0 Å². The number of piperidine rings is 4. The summed E-state index contributed by atoms with van der Waals surface area (Å²) in [7, 11) is -19.8. The molecule has 12 N–H and O–H groups in total. The van der Waals surface area contributed by atoms with Crippen LogP contribution >= 0.6 is 0 Å². The zero-order valence-corrected chi connectivity index (χ0v) is 52.6. The SMILES string of the molecule is O=S(=O)(O)CCC1c2cc(c(O)c(CN3CCCCC3)c2O)C(CCS(=O)(=O)O)c2cc(c(O)c(CN3CCCCC3)c2O)C(CCS(=O)(=O)O)c2cc(c(O)c(CN3CCCCC3)c2O)C(CCS(=O)(=O)O)c2cc1c(O)c(CN1CCCCC1)c2O. The Hall–Kier alpha value is -5.24. The number of likely N-dealkylation sites (tertiary alicyclic amines) is 4. The highest BCUT2D eigenvalue weighted by Gasteiger charge is 2.40. The molecule has 1 aliphatic carbocycles. The number of rotatable bonds is 20. The quantitative estimate of drug-likeness (QED) is 0.0388. The van der Waals surface area contributed by atoms with E-state index in [2.05, 4.69) is 0 Å². The maximum atomic E-state index is 13.1. The summed E-state index contributed by atoms with van der Waals surface area (Å²) in [6.07, 6.45) is 6.39. The molecule has 0 amide bonds. The largest absolute Gasteiger partial charge is 0.507 e. The zero-order valence-electron chi connectivity index (χ0n) is 49.3. The summed E-state index contributed by atoms with van der Waals surface area (Å²) in [5.74, 6) is -15.8. The molecule has 4 aliphatic heterocycles. The molecule has 9 rings (SSSR count). The summed E-state index contributed by atoms with van der Waals surface area (Å²) in [5, 5.41) is 104. The third kappa shape index (κ3) is 16.1. The zero-order chi connectivity index (χ0) is 63.6. The van der Waals surface area contributed by atoms with E-state index in [1.807, 2.05) is 19.6 Å². The molecule has 28 heteroatoms. The Bertz CT molecular complexity index is 3080. The number of hydrogen-bond acceptors (Lipinski definition) is 20. The molecule has 0 aromatic heterocycles. The monoisotopic (exact) mass is 1310 g/mol. The van der Waals surface area contributed by atoms with Gasteiger partial charge < -0.3 is 40.9 Å². The van der Waals surface area contributed by atoms with Gasteiger partial charge in [-0.15, -0.1) is 0 Å². The number of phenols is 8. The van der Waals surface area contributed by atoms with Gasteiger partial charge in [0.2, 0.25) is 0 Å². The highest BCUT2D eigenvalue weighted by Crippen LogP contribution is 2.56. The molecule has 88 heavy (non-hydrogen) atoms. The number of fused-ring (bicyclic) bond motifs is 8. The van der Waals surface area contributed by atoms with Crippen molar-refractivity contribution in [1.29, 1.82) is 0 Å². The van der Waals surface area contributed by atoms with E-state index in [1.54, 1.807) is 0 Å². The van der Waals surface area contributed by atoms with E-state index < -0.39 is 159 Å². The number of aromatic hydroxyl groups is 8. The Morgan fingerprint density at radius 1 is 0.273 bits per heavy atom. The van der Waals surface area contributed by atoms with E-state index in [9.17, 15) is 92.7 Å². The first-order valence-corrected chi connectivity index (χ1v) is 36.9. The Morgan fingerprint density at radius 3 is 0.557 bits per heavy atom. The molecular weight excluding hydrogens is 1220 g/mol. The standard InChI is InChI=1S/C60H84N4O20S4/c65-53-41-29-42(54(66)49(53)33-61-17-5-1-6-18-61)38(14-26-86(76,77)78)44-31-46(58(70)51(56(44)68)35-63-21-9-3-10-22-63)40(16-28-88(82,83)84)48-32-47(59(71)52(60(48)72)36-64-23-11-4-12-24-64)39(15-27-87(79,80)81)45-30-43(37(41)13-25-85(73,74)75)55(67)50(57(45)69)34-62-19-7-2-8-20-62/h29-32,37-40,65-72H,1-28,33-36H2,(H,73,74,75)(H,76,77,78)(H,79,80,81)(H,82,83,84). The molecule has 4 aromatic carbocycles. The molecule has 4 heterocycles. The van der Waals surface area contributed by atoms with Crippen LogP contribution in [0.25, 0.3) is 0 Å². The lowest BCUT2D eigenvalue weighted by atomic mass is 9.75. The fourth-order valence-electron chi connectivity index (χ4n) is 14.1. The van der Waals surface area contributed by atoms with Gasteiger partial charge in [0.25, 0.3) is 40.5 Å². The predicted octanol–water partition coefficient (Wildman–Crippen LogP) is 7.23. The summed E-state index contributed by atoms with van der Waals surface area (Å²) in [6, 6.07) is 4.85. The van der Waals surface area contributed by atoms with Gasteiger partial charge in [0.05, 0.1) is 45.3 Å². The van der Waals surface area contributed by atoms with Crippen molar-refractivity contribution in [2.45, 2.75) is 153 Å². The summed E-state index contributed by atoms with van der Waals surface area (Å²) in [5.41, 5.74) is -2.68. The Balaban J connectivity index is 1.50. The van der Waals surface area contributed by atoms with Gasteiger partial charge >= 0.3 is 0 Å². The van der Waals surface area contributed by atoms with Crippen molar-refractivity contribution in [3.63, 3.8) is 0 Å². The normalized spacial score (nSPS) is 21.6. The molecule has 0 spiro atoms. The van der Waals surface area contributed by atoms with Gasteiger partial charge in [0, 0.05) is 94.4 Å². The molecule has 4 saturated heterocycles. The second-order valence-electron chi connectivity index (χ2n) is 24.8. The lowest BCUT2D eigenvalue weighted by Crippen LogP contribution is -2.30. The van der Waals surface area contributed by atoms with E-state index in [1.165, 1.54) is 24.3 Å². The molecule has 4 aromatic rings. The van der Waals surface area contributed by atoms with Crippen LogP contribution in [-0.4, -0.2) is 188 Å². The molecule has 0 saturated carbocycles. The first kappa shape index (κ1) is 67.2. The molecule has 5 aliphatic rings. The third-order valence-corrected chi connectivity index (χ3v) is 21.7. The number of benzene rings is 4. The average Bonchev–Trinajstić information content (AvgIpc) is 0.949. The molecule has 8 bridgehead atoms. The Morgan fingerprint density at radius 2 is 0.420 bits per heavy atom. The maximum absolute atomic E-state index is 13.1. The fraction of sp³-hybridized carbons (Fsp3) is 0.600. The first-order chi connectivity index (χ1) is 41.5. The van der Waals surface area contributed by atoms with E-state index in [4.69, 9.17) is 0 Å². The number of nitrogens with zero attached hydrogens (tertiary/aromatic N) is 4. The Labute approximate surface area is 515 Å². The minimum Gasteiger partial charge on any atom is -0.507 e. The van der Waals surface area contributed by atoms with E-state index in [0.717, 1.165) is 25.7 Å². The van der Waals surface area contributed by atoms with Crippen molar-refractivity contribution in [2.24, 2.45) is 0 Å². The number of hydrogen-bond donors (Lipinski definition) is 12. The van der Waals surface area contributed by atoms with E-state index in [-0.39, 0.29) is 92.9 Å². The van der Waals surface area contributed by atoms with Gasteiger partial charge in [-0.3, -0.25) is 37.8 Å². The van der Waals surface area contributed by atoms with Crippen molar-refractivity contribution in [3.05, 3.63) is 91.0 Å². The van der Waals surface area contributed by atoms with Crippen LogP contribution in [0.3, 0.4) is 0 Å². The fourth-order valence-corrected chi connectivity index (χ4v) is 16.3. The van der Waals surface area contributed by atoms with Crippen LogP contribution in [0.15, 0.2) is 24.3 Å². The van der Waals surface area contributed by atoms with Gasteiger partial charge in [-0.05, 0) is 154 Å². The molecular formula is C60H84N4O20S4. The molecule has 0 radical (unpaired) electrons. The third-order valence-electron chi connectivity index (χ3n) is 18.7. The van der Waals surface area contributed by atoms with Crippen molar-refractivity contribution in [1.82, 2.24) is 19.6 Å². The van der Waals surface area contributed by atoms with Crippen LogP contribution in [-0.2, 0) is 66.7 Å². The van der Waals surface area contributed by atoms with E-state index in [0.29, 0.717) is 104 Å². The highest BCUT2D eigenvalue weighted by atomic mass is 32.2. The summed E-state index contributed by atoms with van der Waals surface area (Å²) in [6.45, 7) is 2.96. The van der Waals surface area contributed by atoms with E-state index >= 15 is 0 Å². The van der Waals surface area contributed by atoms with Crippen molar-refractivity contribution in [2.75, 3.05) is 75.4 Å². The predicted molar refractivity (Wildman–Crippen MR) is 327 cm³/mol. The summed E-state index contributed by atoms with van der Waals surface area (Å²) in [4.78, 5) is 7.68. The second kappa shape index (κ2) is 27.7. The smallest absolute Gasteiger partial charge is 0.264 e. The first-order valence-electron chi connectivity index (χ1n) is 30.5. The summed E-state index contributed by atoms with van der Waals surface area (Å²) < 4.78 is 147. The van der Waals surface area contributed by atoms with Gasteiger partial charge in [-0.25, -0.2) is 0 Å². The minimum atomic E-state index is -4.95. The minimum absolute atomic E-state index is 0.189. The lowest BCUT2D eigenvalue weighted by molar-refractivity contribution is 0.215. The van der Waals surface area contributed by atoms with Gasteiger partial charge in [-0.1, -0.05) is 25.7 Å². The van der Waals surface area contributed by atoms with Crippen LogP contribution in [0, 0.1) is 0 Å². The van der Waals surface area contributed by atoms with Crippen LogP contribution < -0.4 is 0 Å². The van der Waals surface area contributed by atoms with Gasteiger partial charge in [-0.2, -0.15) is 33.7 Å². The van der Waals surface area contributed by atoms with Crippen molar-refractivity contribution in [3.8, 4) is 46.0 Å². The molecule has 24 nitrogen and oxygen atoms in total. The maximum Gasteiger partial charge on any atom is 0.264 e.